The number of hydrogen-bond donors (Lipinski definition) is 0. The van der Waals surface area contributed by atoms with E-state index in [0.717, 1.165) is 90.1 Å². The standard InChI is InChI=1S/C51H101N3O6/c1-6-10-14-17-18-24-33-48(32-23-15-11-7-2)50(55)59-44-30-21-19-25-34-53(36-27-28-37-54-40-38-52(5)39-41-54)35-26-20-22-31-45-60-51(56)49(46-57-42-13-9-4)47-58-43-29-16-12-8-3/h48-49H,6-47H2,1-5H3. The van der Waals surface area contributed by atoms with Gasteiger partial charge in [-0.3, -0.25) is 9.59 Å². The molecule has 1 saturated heterocycles. The molecule has 0 aromatic carbocycles. The fourth-order valence-electron chi connectivity index (χ4n) is 8.12. The topological polar surface area (TPSA) is 80.8 Å². The summed E-state index contributed by atoms with van der Waals surface area (Å²) in [6.07, 6.45) is 32.5. The van der Waals surface area contributed by atoms with Gasteiger partial charge in [-0.2, -0.15) is 0 Å². The molecule has 2 unspecified atom stereocenters. The van der Waals surface area contributed by atoms with Crippen LogP contribution in [0.1, 0.15) is 207 Å². The van der Waals surface area contributed by atoms with Gasteiger partial charge in [0.2, 0.25) is 0 Å². The number of carbonyl (C=O) groups is 2. The average molecular weight is 852 g/mol. The molecule has 0 bridgehead atoms. The second-order valence-corrected chi connectivity index (χ2v) is 18.2. The van der Waals surface area contributed by atoms with Crippen LogP contribution in [-0.4, -0.2) is 126 Å². The minimum Gasteiger partial charge on any atom is -0.465 e. The van der Waals surface area contributed by atoms with E-state index in [9.17, 15) is 9.59 Å². The summed E-state index contributed by atoms with van der Waals surface area (Å²) in [6, 6.07) is 0. The molecule has 60 heavy (non-hydrogen) atoms. The summed E-state index contributed by atoms with van der Waals surface area (Å²) in [5.41, 5.74) is 0. The first-order valence-electron chi connectivity index (χ1n) is 26.1. The summed E-state index contributed by atoms with van der Waals surface area (Å²) >= 11 is 0. The summed E-state index contributed by atoms with van der Waals surface area (Å²) in [7, 11) is 2.23. The molecule has 0 aromatic rings. The first-order chi connectivity index (χ1) is 29.4. The summed E-state index contributed by atoms with van der Waals surface area (Å²) in [5, 5.41) is 0. The van der Waals surface area contributed by atoms with Crippen LogP contribution in [0.3, 0.4) is 0 Å². The Kier molecular flexibility index (Phi) is 40.7. The molecule has 356 valence electrons. The van der Waals surface area contributed by atoms with Gasteiger partial charge in [0.05, 0.1) is 32.3 Å². The Bertz CT molecular complexity index is 875. The lowest BCUT2D eigenvalue weighted by Gasteiger charge is -2.32. The highest BCUT2D eigenvalue weighted by molar-refractivity contribution is 5.73. The van der Waals surface area contributed by atoms with Gasteiger partial charge in [0, 0.05) is 39.4 Å². The Hall–Kier alpha value is -1.26. The lowest BCUT2D eigenvalue weighted by atomic mass is 9.94. The molecule has 1 fully saturated rings. The second kappa shape index (κ2) is 43.0. The quantitative estimate of drug-likeness (QED) is 0.0439. The minimum absolute atomic E-state index is 0.0654. The van der Waals surface area contributed by atoms with Crippen molar-refractivity contribution in [2.45, 2.75) is 207 Å². The molecule has 1 aliphatic rings. The Morgan fingerprint density at radius 2 is 0.850 bits per heavy atom. The van der Waals surface area contributed by atoms with Crippen molar-refractivity contribution < 1.29 is 28.5 Å². The van der Waals surface area contributed by atoms with Gasteiger partial charge in [0.25, 0.3) is 0 Å². The van der Waals surface area contributed by atoms with Crippen LogP contribution in [0.25, 0.3) is 0 Å². The van der Waals surface area contributed by atoms with Gasteiger partial charge in [-0.15, -0.1) is 0 Å². The Labute approximate surface area is 372 Å². The van der Waals surface area contributed by atoms with E-state index in [2.05, 4.69) is 49.4 Å². The van der Waals surface area contributed by atoms with Gasteiger partial charge in [-0.05, 0) is 97.4 Å². The largest absolute Gasteiger partial charge is 0.465 e. The maximum absolute atomic E-state index is 13.1. The predicted molar refractivity (Wildman–Crippen MR) is 253 cm³/mol. The number of carbonyl (C=O) groups excluding carboxylic acids is 2. The number of hydrogen-bond acceptors (Lipinski definition) is 9. The van der Waals surface area contributed by atoms with E-state index in [1.807, 2.05) is 0 Å². The molecule has 0 aliphatic carbocycles. The number of rotatable bonds is 45. The number of ether oxygens (including phenoxy) is 4. The molecule has 9 nitrogen and oxygen atoms in total. The third-order valence-electron chi connectivity index (χ3n) is 12.4. The third-order valence-corrected chi connectivity index (χ3v) is 12.4. The Morgan fingerprint density at radius 3 is 1.40 bits per heavy atom. The summed E-state index contributed by atoms with van der Waals surface area (Å²) in [6.45, 7) is 21.5. The molecule has 0 saturated carbocycles. The van der Waals surface area contributed by atoms with Crippen molar-refractivity contribution in [2.75, 3.05) is 99.0 Å². The SMILES string of the molecule is CCCCCCCCC(CCCCCC)C(=O)OCCCCCCN(CCCCCCOC(=O)C(COCCCC)COCCCCCC)CCCCN1CCN(C)CC1. The van der Waals surface area contributed by atoms with Gasteiger partial charge >= 0.3 is 11.9 Å². The van der Waals surface area contributed by atoms with Crippen LogP contribution < -0.4 is 0 Å². The number of esters is 2. The van der Waals surface area contributed by atoms with Crippen LogP contribution in [-0.2, 0) is 28.5 Å². The van der Waals surface area contributed by atoms with Crippen LogP contribution >= 0.6 is 0 Å². The summed E-state index contributed by atoms with van der Waals surface area (Å²) < 4.78 is 23.3. The molecule has 0 radical (unpaired) electrons. The molecule has 2 atom stereocenters. The lowest BCUT2D eigenvalue weighted by Crippen LogP contribution is -2.44. The van der Waals surface area contributed by atoms with Crippen molar-refractivity contribution in [3.05, 3.63) is 0 Å². The maximum atomic E-state index is 13.1. The Morgan fingerprint density at radius 1 is 0.450 bits per heavy atom. The van der Waals surface area contributed by atoms with Crippen LogP contribution in [0.15, 0.2) is 0 Å². The molecular formula is C51H101N3O6. The van der Waals surface area contributed by atoms with Crippen LogP contribution in [0.4, 0.5) is 0 Å². The summed E-state index contributed by atoms with van der Waals surface area (Å²) in [5.74, 6) is -0.359. The highest BCUT2D eigenvalue weighted by Gasteiger charge is 2.22. The fraction of sp³-hybridized carbons (Fsp3) is 0.961. The number of likely N-dealkylation sites (N-methyl/N-ethyl adjacent to an activating group) is 1. The third kappa shape index (κ3) is 34.3. The smallest absolute Gasteiger partial charge is 0.313 e. The number of unbranched alkanes of at least 4 members (excludes halogenated alkanes) is 19. The van der Waals surface area contributed by atoms with Gasteiger partial charge in [0.1, 0.15) is 5.92 Å². The molecular weight excluding hydrogens is 751 g/mol. The van der Waals surface area contributed by atoms with Gasteiger partial charge < -0.3 is 33.6 Å². The average Bonchev–Trinajstić information content (AvgIpc) is 3.25. The van der Waals surface area contributed by atoms with Crippen molar-refractivity contribution in [1.82, 2.24) is 14.7 Å². The molecule has 1 rings (SSSR count). The molecule has 1 heterocycles. The van der Waals surface area contributed by atoms with E-state index >= 15 is 0 Å². The van der Waals surface area contributed by atoms with E-state index in [1.165, 1.54) is 142 Å². The van der Waals surface area contributed by atoms with E-state index in [-0.39, 0.29) is 23.8 Å². The summed E-state index contributed by atoms with van der Waals surface area (Å²) in [4.78, 5) is 33.8. The van der Waals surface area contributed by atoms with Crippen LogP contribution in [0.5, 0.6) is 0 Å². The van der Waals surface area contributed by atoms with E-state index in [1.54, 1.807) is 0 Å². The molecule has 0 spiro atoms. The normalized spacial score (nSPS) is 14.8. The van der Waals surface area contributed by atoms with Gasteiger partial charge in [-0.1, -0.05) is 143 Å². The zero-order valence-corrected chi connectivity index (χ0v) is 40.6. The molecule has 1 aliphatic heterocycles. The predicted octanol–water partition coefficient (Wildman–Crippen LogP) is 11.9. The van der Waals surface area contributed by atoms with E-state index < -0.39 is 0 Å². The van der Waals surface area contributed by atoms with Crippen molar-refractivity contribution in [3.63, 3.8) is 0 Å². The molecule has 9 heteroatoms. The first-order valence-corrected chi connectivity index (χ1v) is 26.1. The highest BCUT2D eigenvalue weighted by atomic mass is 16.5. The van der Waals surface area contributed by atoms with Crippen molar-refractivity contribution in [2.24, 2.45) is 11.8 Å². The van der Waals surface area contributed by atoms with Crippen molar-refractivity contribution >= 4 is 11.9 Å². The van der Waals surface area contributed by atoms with Crippen molar-refractivity contribution in [3.8, 4) is 0 Å². The zero-order chi connectivity index (χ0) is 43.6. The molecule has 0 amide bonds. The number of nitrogens with zero attached hydrogens (tertiary/aromatic N) is 3. The van der Waals surface area contributed by atoms with Gasteiger partial charge in [-0.25, -0.2) is 0 Å². The molecule has 0 aromatic heterocycles. The monoisotopic (exact) mass is 852 g/mol. The second-order valence-electron chi connectivity index (χ2n) is 18.2. The molecule has 0 N–H and O–H groups in total. The van der Waals surface area contributed by atoms with Crippen molar-refractivity contribution in [1.29, 1.82) is 0 Å². The Balaban J connectivity index is 2.43. The van der Waals surface area contributed by atoms with Crippen LogP contribution in [0, 0.1) is 11.8 Å². The van der Waals surface area contributed by atoms with Gasteiger partial charge in [0.15, 0.2) is 0 Å². The van der Waals surface area contributed by atoms with E-state index in [4.69, 9.17) is 18.9 Å². The van der Waals surface area contributed by atoms with Crippen LogP contribution in [0.2, 0.25) is 0 Å². The minimum atomic E-state index is -0.343. The lowest BCUT2D eigenvalue weighted by molar-refractivity contribution is -0.153. The van der Waals surface area contributed by atoms with E-state index in [0.29, 0.717) is 39.6 Å². The highest BCUT2D eigenvalue weighted by Crippen LogP contribution is 2.21. The number of piperazine rings is 1. The maximum Gasteiger partial charge on any atom is 0.313 e. The zero-order valence-electron chi connectivity index (χ0n) is 40.6. The first kappa shape index (κ1) is 56.8. The fourth-order valence-corrected chi connectivity index (χ4v) is 8.12.